The SMILES string of the molecule is Cc1ccccc1-c1nc(N)sc1-c1ccnc(NC2CCCCC2)c1. The molecule has 3 aromatic rings. The molecule has 3 N–H and O–H groups in total. The molecule has 1 aliphatic carbocycles. The Morgan fingerprint density at radius 3 is 2.73 bits per heavy atom. The Labute approximate surface area is 158 Å². The summed E-state index contributed by atoms with van der Waals surface area (Å²) in [5.41, 5.74) is 10.5. The van der Waals surface area contributed by atoms with Crippen LogP contribution in [0.15, 0.2) is 42.6 Å². The van der Waals surface area contributed by atoms with Crippen LogP contribution in [0.4, 0.5) is 10.9 Å². The lowest BCUT2D eigenvalue weighted by Crippen LogP contribution is -2.22. The number of nitrogen functional groups attached to an aromatic ring is 1. The van der Waals surface area contributed by atoms with E-state index in [9.17, 15) is 0 Å². The molecule has 2 heterocycles. The molecule has 1 aromatic carbocycles. The molecule has 0 bridgehead atoms. The summed E-state index contributed by atoms with van der Waals surface area (Å²) in [7, 11) is 0. The normalized spacial score (nSPS) is 15.1. The van der Waals surface area contributed by atoms with Gasteiger partial charge in [0.2, 0.25) is 0 Å². The number of nitrogens with zero attached hydrogens (tertiary/aromatic N) is 2. The maximum Gasteiger partial charge on any atom is 0.181 e. The lowest BCUT2D eigenvalue weighted by atomic mass is 9.95. The molecule has 2 aromatic heterocycles. The topological polar surface area (TPSA) is 63.8 Å². The Kier molecular flexibility index (Phi) is 4.89. The van der Waals surface area contributed by atoms with Crippen LogP contribution in [0.3, 0.4) is 0 Å². The zero-order valence-corrected chi connectivity index (χ0v) is 15.9. The molecular weight excluding hydrogens is 340 g/mol. The minimum absolute atomic E-state index is 0.536. The highest BCUT2D eigenvalue weighted by atomic mass is 32.1. The van der Waals surface area contributed by atoms with Crippen LogP contribution in [0.25, 0.3) is 21.7 Å². The summed E-state index contributed by atoms with van der Waals surface area (Å²) in [5, 5.41) is 4.20. The van der Waals surface area contributed by atoms with E-state index in [2.05, 4.69) is 40.4 Å². The summed E-state index contributed by atoms with van der Waals surface area (Å²) in [6, 6.07) is 13.0. The van der Waals surface area contributed by atoms with Gasteiger partial charge in [0.05, 0.1) is 10.6 Å². The third kappa shape index (κ3) is 3.58. The van der Waals surface area contributed by atoms with Gasteiger partial charge in [0, 0.05) is 17.8 Å². The van der Waals surface area contributed by atoms with Crippen molar-refractivity contribution < 1.29 is 0 Å². The van der Waals surface area contributed by atoms with Crippen LogP contribution in [0.2, 0.25) is 0 Å². The second kappa shape index (κ2) is 7.46. The molecule has 0 radical (unpaired) electrons. The first-order chi connectivity index (χ1) is 12.7. The average Bonchev–Trinajstić information content (AvgIpc) is 3.05. The van der Waals surface area contributed by atoms with Crippen LogP contribution in [0.1, 0.15) is 37.7 Å². The van der Waals surface area contributed by atoms with Crippen LogP contribution < -0.4 is 11.1 Å². The molecule has 1 aliphatic rings. The van der Waals surface area contributed by atoms with E-state index in [1.54, 1.807) is 0 Å². The van der Waals surface area contributed by atoms with E-state index in [1.807, 2.05) is 24.4 Å². The second-order valence-electron chi connectivity index (χ2n) is 6.95. The summed E-state index contributed by atoms with van der Waals surface area (Å²) >= 11 is 1.54. The van der Waals surface area contributed by atoms with Crippen molar-refractivity contribution in [2.24, 2.45) is 0 Å². The second-order valence-corrected chi connectivity index (χ2v) is 7.98. The van der Waals surface area contributed by atoms with Crippen molar-refractivity contribution in [3.8, 4) is 21.7 Å². The number of benzene rings is 1. The molecule has 1 fully saturated rings. The largest absolute Gasteiger partial charge is 0.375 e. The predicted octanol–water partition coefficient (Wildman–Crippen LogP) is 5.51. The Morgan fingerprint density at radius 1 is 1.12 bits per heavy atom. The number of aryl methyl sites for hydroxylation is 1. The Morgan fingerprint density at radius 2 is 1.92 bits per heavy atom. The zero-order chi connectivity index (χ0) is 17.9. The summed E-state index contributed by atoms with van der Waals surface area (Å²) in [4.78, 5) is 10.2. The van der Waals surface area contributed by atoms with E-state index in [4.69, 9.17) is 5.73 Å². The van der Waals surface area contributed by atoms with Gasteiger partial charge in [-0.2, -0.15) is 0 Å². The highest BCUT2D eigenvalue weighted by molar-refractivity contribution is 7.19. The number of anilines is 2. The van der Waals surface area contributed by atoms with Crippen molar-refractivity contribution in [1.82, 2.24) is 9.97 Å². The van der Waals surface area contributed by atoms with E-state index in [-0.39, 0.29) is 0 Å². The fourth-order valence-corrected chi connectivity index (χ4v) is 4.50. The van der Waals surface area contributed by atoms with Gasteiger partial charge in [0.1, 0.15) is 5.82 Å². The molecule has 0 amide bonds. The van der Waals surface area contributed by atoms with Gasteiger partial charge in [-0.3, -0.25) is 0 Å². The summed E-state index contributed by atoms with van der Waals surface area (Å²) < 4.78 is 0. The summed E-state index contributed by atoms with van der Waals surface area (Å²) in [5.74, 6) is 0.942. The fourth-order valence-electron chi connectivity index (χ4n) is 3.66. The minimum atomic E-state index is 0.536. The monoisotopic (exact) mass is 364 g/mol. The molecular formula is C21H24N4S. The smallest absolute Gasteiger partial charge is 0.181 e. The molecule has 134 valence electrons. The Balaban J connectivity index is 1.68. The summed E-state index contributed by atoms with van der Waals surface area (Å²) in [6.45, 7) is 2.11. The zero-order valence-electron chi connectivity index (χ0n) is 15.0. The molecule has 0 atom stereocenters. The molecule has 26 heavy (non-hydrogen) atoms. The van der Waals surface area contributed by atoms with Crippen molar-refractivity contribution in [3.05, 3.63) is 48.2 Å². The van der Waals surface area contributed by atoms with E-state index < -0.39 is 0 Å². The molecule has 4 rings (SSSR count). The standard InChI is InChI=1S/C21H24N4S/c1-14-7-5-6-10-17(14)19-20(26-21(22)25-19)15-11-12-23-18(13-15)24-16-8-3-2-4-9-16/h5-7,10-13,16H,2-4,8-9H2,1H3,(H2,22,25)(H,23,24). The number of rotatable bonds is 4. The number of thiazole rings is 1. The van der Waals surface area contributed by atoms with Gasteiger partial charge < -0.3 is 11.1 Å². The van der Waals surface area contributed by atoms with Gasteiger partial charge in [-0.05, 0) is 43.0 Å². The lowest BCUT2D eigenvalue weighted by molar-refractivity contribution is 0.462. The first-order valence-electron chi connectivity index (χ1n) is 9.26. The third-order valence-corrected chi connectivity index (χ3v) is 5.96. The molecule has 0 saturated heterocycles. The lowest BCUT2D eigenvalue weighted by Gasteiger charge is -2.23. The quantitative estimate of drug-likeness (QED) is 0.641. The number of nitrogens with one attached hydrogen (secondary N) is 1. The van der Waals surface area contributed by atoms with Crippen molar-refractivity contribution in [1.29, 1.82) is 0 Å². The number of nitrogens with two attached hydrogens (primary N) is 1. The number of pyridine rings is 1. The number of aromatic nitrogens is 2. The van der Waals surface area contributed by atoms with E-state index >= 15 is 0 Å². The molecule has 0 unspecified atom stereocenters. The fraction of sp³-hybridized carbons (Fsp3) is 0.333. The van der Waals surface area contributed by atoms with Gasteiger partial charge in [-0.1, -0.05) is 54.9 Å². The molecule has 1 saturated carbocycles. The molecule has 0 spiro atoms. The third-order valence-electron chi connectivity index (χ3n) is 5.02. The maximum absolute atomic E-state index is 6.07. The van der Waals surface area contributed by atoms with Crippen LogP contribution in [-0.2, 0) is 0 Å². The first kappa shape index (κ1) is 17.0. The van der Waals surface area contributed by atoms with Crippen molar-refractivity contribution >= 4 is 22.3 Å². The van der Waals surface area contributed by atoms with Gasteiger partial charge in [0.25, 0.3) is 0 Å². The number of hydrogen-bond donors (Lipinski definition) is 2. The summed E-state index contributed by atoms with van der Waals surface area (Å²) in [6.07, 6.45) is 8.30. The van der Waals surface area contributed by atoms with Crippen LogP contribution in [0.5, 0.6) is 0 Å². The van der Waals surface area contributed by atoms with Crippen LogP contribution in [0, 0.1) is 6.92 Å². The highest BCUT2D eigenvalue weighted by Crippen LogP contribution is 2.39. The van der Waals surface area contributed by atoms with Crippen molar-refractivity contribution in [2.75, 3.05) is 11.1 Å². The van der Waals surface area contributed by atoms with Crippen molar-refractivity contribution in [3.63, 3.8) is 0 Å². The predicted molar refractivity (Wildman–Crippen MR) is 110 cm³/mol. The molecule has 0 aliphatic heterocycles. The molecule has 4 nitrogen and oxygen atoms in total. The van der Waals surface area contributed by atoms with Gasteiger partial charge in [0.15, 0.2) is 5.13 Å². The average molecular weight is 365 g/mol. The molecule has 5 heteroatoms. The van der Waals surface area contributed by atoms with Gasteiger partial charge in [-0.25, -0.2) is 9.97 Å². The van der Waals surface area contributed by atoms with Crippen molar-refractivity contribution in [2.45, 2.75) is 45.1 Å². The van der Waals surface area contributed by atoms with E-state index in [1.165, 1.54) is 49.0 Å². The Bertz CT molecular complexity index is 897. The van der Waals surface area contributed by atoms with Gasteiger partial charge >= 0.3 is 0 Å². The maximum atomic E-state index is 6.07. The number of hydrogen-bond acceptors (Lipinski definition) is 5. The first-order valence-corrected chi connectivity index (χ1v) is 10.1. The van der Waals surface area contributed by atoms with Gasteiger partial charge in [-0.15, -0.1) is 0 Å². The minimum Gasteiger partial charge on any atom is -0.375 e. The highest BCUT2D eigenvalue weighted by Gasteiger charge is 2.17. The van der Waals surface area contributed by atoms with E-state index in [0.29, 0.717) is 11.2 Å². The van der Waals surface area contributed by atoms with E-state index in [0.717, 1.165) is 27.5 Å². The Hall–Kier alpha value is -2.40. The van der Waals surface area contributed by atoms with Crippen LogP contribution >= 0.6 is 11.3 Å². The van der Waals surface area contributed by atoms with Crippen LogP contribution in [-0.4, -0.2) is 16.0 Å².